The molecule has 8 heteroatoms. The third-order valence-electron chi connectivity index (χ3n) is 4.06. The second-order valence-corrected chi connectivity index (χ2v) is 6.85. The van der Waals surface area contributed by atoms with Crippen LogP contribution < -0.4 is 10.6 Å². The Morgan fingerprint density at radius 3 is 2.48 bits per heavy atom. The minimum Gasteiger partial charge on any atom is -0.394 e. The number of methoxy groups -OCH3 is 2. The number of rotatable bonds is 9. The second-order valence-electron chi connectivity index (χ2n) is 5.82. The van der Waals surface area contributed by atoms with Gasteiger partial charge in [0.15, 0.2) is 5.82 Å². The molecule has 0 radical (unpaired) electrons. The van der Waals surface area contributed by atoms with E-state index in [4.69, 9.17) is 15.2 Å². The summed E-state index contributed by atoms with van der Waals surface area (Å²) in [6, 6.07) is 10.0. The van der Waals surface area contributed by atoms with Gasteiger partial charge in [-0.3, -0.25) is 4.98 Å². The average Bonchev–Trinajstić information content (AvgIpc) is 2.70. The van der Waals surface area contributed by atoms with E-state index in [1.165, 1.54) is 11.8 Å². The summed E-state index contributed by atoms with van der Waals surface area (Å²) in [5.74, 6) is 0.690. The van der Waals surface area contributed by atoms with Gasteiger partial charge < -0.3 is 20.1 Å². The molecule has 0 atom stereocenters. The number of hydrogen-bond acceptors (Lipinski definition) is 8. The van der Waals surface area contributed by atoms with Gasteiger partial charge in [-0.25, -0.2) is 9.97 Å². The lowest BCUT2D eigenvalue weighted by molar-refractivity contribution is 0.190. The van der Waals surface area contributed by atoms with Crippen LogP contribution in [0.4, 0.5) is 11.5 Å². The monoisotopic (exact) mass is 385 g/mol. The maximum absolute atomic E-state index is 6.43. The maximum atomic E-state index is 6.43. The minimum absolute atomic E-state index is 0.544. The molecule has 142 valence electrons. The first-order chi connectivity index (χ1) is 13.2. The molecular formula is C19H23N5O2S. The van der Waals surface area contributed by atoms with E-state index < -0.39 is 0 Å². The van der Waals surface area contributed by atoms with E-state index in [0.29, 0.717) is 42.8 Å². The highest BCUT2D eigenvalue weighted by atomic mass is 32.2. The number of pyridine rings is 1. The topological polar surface area (TPSA) is 86.4 Å². The van der Waals surface area contributed by atoms with Crippen molar-refractivity contribution >= 4 is 34.2 Å². The maximum Gasteiger partial charge on any atom is 0.156 e. The van der Waals surface area contributed by atoms with Crippen LogP contribution in [0.2, 0.25) is 0 Å². The van der Waals surface area contributed by atoms with E-state index in [1.54, 1.807) is 26.7 Å². The molecule has 7 nitrogen and oxygen atoms in total. The molecule has 2 aromatic heterocycles. The van der Waals surface area contributed by atoms with Crippen LogP contribution in [-0.2, 0) is 9.47 Å². The molecule has 1 aromatic carbocycles. The Kier molecular flexibility index (Phi) is 6.80. The van der Waals surface area contributed by atoms with Gasteiger partial charge in [-0.05, 0) is 12.1 Å². The fourth-order valence-corrected chi connectivity index (χ4v) is 3.62. The van der Waals surface area contributed by atoms with Crippen LogP contribution in [0.1, 0.15) is 0 Å². The summed E-state index contributed by atoms with van der Waals surface area (Å²) in [7, 11) is 3.35. The van der Waals surface area contributed by atoms with Crippen LogP contribution in [0, 0.1) is 0 Å². The molecule has 27 heavy (non-hydrogen) atoms. The van der Waals surface area contributed by atoms with Crippen LogP contribution >= 0.6 is 11.8 Å². The van der Waals surface area contributed by atoms with E-state index in [2.05, 4.69) is 19.9 Å². The van der Waals surface area contributed by atoms with E-state index in [1.807, 2.05) is 30.3 Å². The molecule has 0 bridgehead atoms. The normalized spacial score (nSPS) is 11.0. The first-order valence-corrected chi connectivity index (χ1v) is 9.41. The van der Waals surface area contributed by atoms with Crippen molar-refractivity contribution in [2.45, 2.75) is 9.92 Å². The molecule has 0 fully saturated rings. The Balaban J connectivity index is 1.91. The van der Waals surface area contributed by atoms with Crippen molar-refractivity contribution in [1.82, 2.24) is 15.0 Å². The van der Waals surface area contributed by atoms with Gasteiger partial charge in [0, 0.05) is 43.8 Å². The number of aromatic nitrogens is 3. The third kappa shape index (κ3) is 4.65. The van der Waals surface area contributed by atoms with Gasteiger partial charge in [0.05, 0.1) is 18.7 Å². The van der Waals surface area contributed by atoms with Crippen molar-refractivity contribution < 1.29 is 9.47 Å². The largest absolute Gasteiger partial charge is 0.394 e. The summed E-state index contributed by atoms with van der Waals surface area (Å²) in [6.07, 6.45) is 3.33. The third-order valence-corrected chi connectivity index (χ3v) is 5.13. The van der Waals surface area contributed by atoms with Gasteiger partial charge in [-0.1, -0.05) is 30.0 Å². The van der Waals surface area contributed by atoms with Gasteiger partial charge in [0.1, 0.15) is 17.0 Å². The number of nitrogen functional groups attached to an aromatic ring is 1. The molecule has 3 aromatic rings. The molecule has 0 amide bonds. The van der Waals surface area contributed by atoms with Crippen LogP contribution in [-0.4, -0.2) is 55.5 Å². The minimum atomic E-state index is 0.544. The number of ether oxygens (including phenoxy) is 2. The van der Waals surface area contributed by atoms with Gasteiger partial charge in [0.2, 0.25) is 0 Å². The molecular weight excluding hydrogens is 362 g/mol. The standard InChI is InChI=1S/C19H23N5O2S/c1-25-11-9-24(10-12-26-2)18-16(20)19(23-13-22-18)27-15-7-3-5-14-6-4-8-21-17(14)15/h3-8,13H,9-12,20H2,1-2H3. The lowest BCUT2D eigenvalue weighted by atomic mass is 10.2. The summed E-state index contributed by atoms with van der Waals surface area (Å²) in [5.41, 5.74) is 7.90. The van der Waals surface area contributed by atoms with Gasteiger partial charge in [-0.2, -0.15) is 0 Å². The summed E-state index contributed by atoms with van der Waals surface area (Å²) < 4.78 is 10.4. The number of nitrogens with zero attached hydrogens (tertiary/aromatic N) is 4. The smallest absolute Gasteiger partial charge is 0.156 e. The zero-order valence-corrected chi connectivity index (χ0v) is 16.3. The van der Waals surface area contributed by atoms with E-state index in [9.17, 15) is 0 Å². The number of nitrogens with two attached hydrogens (primary N) is 1. The van der Waals surface area contributed by atoms with Gasteiger partial charge in [0.25, 0.3) is 0 Å². The molecule has 0 aliphatic heterocycles. The van der Waals surface area contributed by atoms with E-state index in [0.717, 1.165) is 15.8 Å². The van der Waals surface area contributed by atoms with E-state index >= 15 is 0 Å². The Hall–Kier alpha value is -2.42. The Bertz CT molecular complexity index is 880. The second kappa shape index (κ2) is 9.50. The summed E-state index contributed by atoms with van der Waals surface area (Å²) >= 11 is 1.50. The van der Waals surface area contributed by atoms with Crippen LogP contribution in [0.25, 0.3) is 10.9 Å². The first kappa shape index (κ1) is 19.3. The summed E-state index contributed by atoms with van der Waals surface area (Å²) in [6.45, 7) is 2.48. The van der Waals surface area contributed by atoms with Crippen molar-refractivity contribution in [3.05, 3.63) is 42.9 Å². The number of benzene rings is 1. The van der Waals surface area contributed by atoms with Crippen molar-refractivity contribution in [1.29, 1.82) is 0 Å². The molecule has 0 spiro atoms. The molecule has 0 saturated heterocycles. The highest BCUT2D eigenvalue weighted by Gasteiger charge is 2.16. The van der Waals surface area contributed by atoms with Crippen molar-refractivity contribution in [2.24, 2.45) is 0 Å². The lowest BCUT2D eigenvalue weighted by Crippen LogP contribution is -2.32. The van der Waals surface area contributed by atoms with Gasteiger partial charge in [-0.15, -0.1) is 0 Å². The number of fused-ring (bicyclic) bond motifs is 1. The van der Waals surface area contributed by atoms with Crippen molar-refractivity contribution in [3.8, 4) is 0 Å². The quantitative estimate of drug-likeness (QED) is 0.563. The predicted molar refractivity (Wildman–Crippen MR) is 108 cm³/mol. The highest BCUT2D eigenvalue weighted by molar-refractivity contribution is 7.99. The number of anilines is 2. The molecule has 0 aliphatic rings. The SMILES string of the molecule is COCCN(CCOC)c1ncnc(Sc2cccc3cccnc23)c1N. The molecule has 0 saturated carbocycles. The fourth-order valence-electron chi connectivity index (χ4n) is 2.69. The number of para-hydroxylation sites is 1. The molecule has 2 heterocycles. The van der Waals surface area contributed by atoms with Gasteiger partial charge >= 0.3 is 0 Å². The van der Waals surface area contributed by atoms with Crippen molar-refractivity contribution in [3.63, 3.8) is 0 Å². The Labute approximate surface area is 162 Å². The molecule has 3 rings (SSSR count). The van der Waals surface area contributed by atoms with Crippen molar-refractivity contribution in [2.75, 3.05) is 51.2 Å². The van der Waals surface area contributed by atoms with Crippen LogP contribution in [0.3, 0.4) is 0 Å². The Morgan fingerprint density at radius 2 is 1.74 bits per heavy atom. The zero-order valence-electron chi connectivity index (χ0n) is 15.5. The molecule has 2 N–H and O–H groups in total. The summed E-state index contributed by atoms with van der Waals surface area (Å²) in [4.78, 5) is 16.3. The number of hydrogen-bond donors (Lipinski definition) is 1. The molecule has 0 aliphatic carbocycles. The predicted octanol–water partition coefficient (Wildman–Crippen LogP) is 2.86. The van der Waals surface area contributed by atoms with Crippen LogP contribution in [0.5, 0.6) is 0 Å². The average molecular weight is 385 g/mol. The fraction of sp³-hybridized carbons (Fsp3) is 0.316. The van der Waals surface area contributed by atoms with E-state index in [-0.39, 0.29) is 0 Å². The molecule has 0 unspecified atom stereocenters. The highest BCUT2D eigenvalue weighted by Crippen LogP contribution is 2.36. The van der Waals surface area contributed by atoms with Crippen LogP contribution in [0.15, 0.2) is 52.8 Å². The zero-order chi connectivity index (χ0) is 19.1. The summed E-state index contributed by atoms with van der Waals surface area (Å²) in [5, 5.41) is 1.79. The lowest BCUT2D eigenvalue weighted by Gasteiger charge is -2.24. The first-order valence-electron chi connectivity index (χ1n) is 8.59. The Morgan fingerprint density at radius 1 is 1.00 bits per heavy atom.